The van der Waals surface area contributed by atoms with Crippen molar-refractivity contribution in [3.63, 3.8) is 0 Å². The lowest BCUT2D eigenvalue weighted by atomic mass is 10.1. The van der Waals surface area contributed by atoms with Gasteiger partial charge in [0.05, 0.1) is 11.3 Å². The summed E-state index contributed by atoms with van der Waals surface area (Å²) >= 11 is 0. The number of benzene rings is 1. The Hall–Kier alpha value is -2.30. The van der Waals surface area contributed by atoms with Crippen LogP contribution in [0, 0.1) is 0 Å². The molecule has 2 aliphatic heterocycles. The third-order valence-electron chi connectivity index (χ3n) is 3.73. The molecule has 0 N–H and O–H groups in total. The molecule has 1 aromatic carbocycles. The zero-order chi connectivity index (χ0) is 16.4. The Balaban J connectivity index is 1.83. The van der Waals surface area contributed by atoms with Crippen LogP contribution in [0.4, 0.5) is 10.5 Å². The van der Waals surface area contributed by atoms with Crippen LogP contribution in [0.1, 0.15) is 39.2 Å². The Morgan fingerprint density at radius 1 is 1.22 bits per heavy atom. The molecule has 0 atom stereocenters. The predicted octanol–water partition coefficient (Wildman–Crippen LogP) is 4.12. The first kappa shape index (κ1) is 15.6. The van der Waals surface area contributed by atoms with Gasteiger partial charge in [0.2, 0.25) is 0 Å². The number of amidine groups is 1. The normalized spacial score (nSPS) is 18.8. The number of para-hydroxylation sites is 1. The molecule has 0 bridgehead atoms. The molecular weight excluding hydrogens is 292 g/mol. The second-order valence-electron chi connectivity index (χ2n) is 6.76. The van der Waals surface area contributed by atoms with Gasteiger partial charge in [0.25, 0.3) is 0 Å². The van der Waals surface area contributed by atoms with Crippen LogP contribution in [0.2, 0.25) is 0 Å². The van der Waals surface area contributed by atoms with Gasteiger partial charge in [-0.25, -0.2) is 9.79 Å². The largest absolute Gasteiger partial charge is 0.513 e. The maximum absolute atomic E-state index is 11.8. The van der Waals surface area contributed by atoms with Crippen LogP contribution >= 0.6 is 0 Å². The SMILES string of the molecule is CC(C)(C)OC(=O)OC=C1C(N2CCCC2)=Nc2ccccc21. The summed E-state index contributed by atoms with van der Waals surface area (Å²) in [6.07, 6.45) is 3.09. The summed E-state index contributed by atoms with van der Waals surface area (Å²) in [5, 5.41) is 0. The van der Waals surface area contributed by atoms with Crippen molar-refractivity contribution in [2.75, 3.05) is 13.1 Å². The fourth-order valence-electron chi connectivity index (χ4n) is 2.76. The maximum Gasteiger partial charge on any atom is 0.513 e. The zero-order valence-corrected chi connectivity index (χ0v) is 13.8. The van der Waals surface area contributed by atoms with Gasteiger partial charge in [-0.15, -0.1) is 0 Å². The summed E-state index contributed by atoms with van der Waals surface area (Å²) in [6, 6.07) is 7.89. The highest BCUT2D eigenvalue weighted by Crippen LogP contribution is 2.36. The molecule has 0 aliphatic carbocycles. The number of hydrogen-bond donors (Lipinski definition) is 0. The molecule has 23 heavy (non-hydrogen) atoms. The third kappa shape index (κ3) is 3.55. The van der Waals surface area contributed by atoms with Crippen molar-refractivity contribution in [3.05, 3.63) is 36.1 Å². The minimum absolute atomic E-state index is 0.574. The highest BCUT2D eigenvalue weighted by molar-refractivity contribution is 6.27. The fraction of sp³-hybridized carbons (Fsp3) is 0.444. The minimum Gasteiger partial charge on any atom is -0.428 e. The summed E-state index contributed by atoms with van der Waals surface area (Å²) in [6.45, 7) is 7.39. The standard InChI is InChI=1S/C18H22N2O3/c1-18(2,3)23-17(21)22-12-14-13-8-4-5-9-15(13)19-16(14)20-10-6-7-11-20/h4-5,8-9,12H,6-7,10-11H2,1-3H3. The van der Waals surface area contributed by atoms with E-state index in [0.29, 0.717) is 0 Å². The molecule has 0 saturated carbocycles. The maximum atomic E-state index is 11.8. The summed E-state index contributed by atoms with van der Waals surface area (Å²) in [5.74, 6) is 0.882. The number of nitrogens with zero attached hydrogens (tertiary/aromatic N) is 2. The first-order chi connectivity index (χ1) is 10.9. The monoisotopic (exact) mass is 314 g/mol. The first-order valence-corrected chi connectivity index (χ1v) is 7.97. The zero-order valence-electron chi connectivity index (χ0n) is 13.8. The van der Waals surface area contributed by atoms with Gasteiger partial charge in [-0.05, 0) is 39.7 Å². The van der Waals surface area contributed by atoms with Crippen molar-refractivity contribution < 1.29 is 14.3 Å². The number of likely N-dealkylation sites (tertiary alicyclic amines) is 1. The number of carbonyl (C=O) groups is 1. The summed E-state index contributed by atoms with van der Waals surface area (Å²) in [7, 11) is 0. The Morgan fingerprint density at radius 2 is 1.91 bits per heavy atom. The molecule has 0 unspecified atom stereocenters. The van der Waals surface area contributed by atoms with Crippen molar-refractivity contribution in [2.24, 2.45) is 4.99 Å². The smallest absolute Gasteiger partial charge is 0.428 e. The van der Waals surface area contributed by atoms with E-state index in [4.69, 9.17) is 14.5 Å². The number of aliphatic imine (C=N–C) groups is 1. The number of rotatable bonds is 1. The summed E-state index contributed by atoms with van der Waals surface area (Å²) in [5.41, 5.74) is 2.16. The topological polar surface area (TPSA) is 51.1 Å². The van der Waals surface area contributed by atoms with Crippen molar-refractivity contribution in [2.45, 2.75) is 39.2 Å². The van der Waals surface area contributed by atoms with E-state index in [1.54, 1.807) is 0 Å². The first-order valence-electron chi connectivity index (χ1n) is 7.97. The van der Waals surface area contributed by atoms with Gasteiger partial charge in [-0.1, -0.05) is 18.2 Å². The second-order valence-corrected chi connectivity index (χ2v) is 6.76. The average molecular weight is 314 g/mol. The molecule has 0 aromatic heterocycles. The van der Waals surface area contributed by atoms with E-state index in [-0.39, 0.29) is 0 Å². The molecule has 2 aliphatic rings. The number of fused-ring (bicyclic) bond motifs is 1. The van der Waals surface area contributed by atoms with E-state index in [0.717, 1.165) is 48.6 Å². The quantitative estimate of drug-likeness (QED) is 0.578. The fourth-order valence-corrected chi connectivity index (χ4v) is 2.76. The van der Waals surface area contributed by atoms with Crippen LogP contribution in [0.3, 0.4) is 0 Å². The van der Waals surface area contributed by atoms with Crippen LogP contribution in [0.5, 0.6) is 0 Å². The van der Waals surface area contributed by atoms with Gasteiger partial charge in [0, 0.05) is 18.7 Å². The van der Waals surface area contributed by atoms with E-state index < -0.39 is 11.8 Å². The van der Waals surface area contributed by atoms with Crippen molar-refractivity contribution >= 4 is 23.3 Å². The molecule has 0 spiro atoms. The van der Waals surface area contributed by atoms with Gasteiger partial charge in [0.1, 0.15) is 17.7 Å². The number of hydrogen-bond acceptors (Lipinski definition) is 5. The highest BCUT2D eigenvalue weighted by atomic mass is 16.7. The summed E-state index contributed by atoms with van der Waals surface area (Å²) < 4.78 is 10.4. The molecule has 0 amide bonds. The Labute approximate surface area is 136 Å². The van der Waals surface area contributed by atoms with Crippen molar-refractivity contribution in [1.82, 2.24) is 4.90 Å². The Bertz CT molecular complexity index is 665. The number of carbonyl (C=O) groups excluding carboxylic acids is 1. The Kier molecular flexibility index (Phi) is 4.11. The predicted molar refractivity (Wildman–Crippen MR) is 89.6 cm³/mol. The van der Waals surface area contributed by atoms with E-state index in [1.165, 1.54) is 6.26 Å². The number of ether oxygens (including phenoxy) is 2. The third-order valence-corrected chi connectivity index (χ3v) is 3.73. The van der Waals surface area contributed by atoms with E-state index >= 15 is 0 Å². The van der Waals surface area contributed by atoms with Crippen LogP contribution < -0.4 is 0 Å². The average Bonchev–Trinajstić information content (AvgIpc) is 3.10. The lowest BCUT2D eigenvalue weighted by Gasteiger charge is -2.19. The second kappa shape index (κ2) is 6.07. The van der Waals surface area contributed by atoms with Gasteiger partial charge in [0.15, 0.2) is 0 Å². The molecule has 1 fully saturated rings. The molecule has 5 nitrogen and oxygen atoms in total. The highest BCUT2D eigenvalue weighted by Gasteiger charge is 2.28. The van der Waals surface area contributed by atoms with Crippen molar-refractivity contribution in [3.8, 4) is 0 Å². The Morgan fingerprint density at radius 3 is 2.61 bits per heavy atom. The van der Waals surface area contributed by atoms with Crippen LogP contribution in [0.25, 0.3) is 5.57 Å². The molecule has 3 rings (SSSR count). The summed E-state index contributed by atoms with van der Waals surface area (Å²) in [4.78, 5) is 18.8. The lowest BCUT2D eigenvalue weighted by molar-refractivity contribution is 0.0113. The molecule has 0 radical (unpaired) electrons. The van der Waals surface area contributed by atoms with Gasteiger partial charge in [-0.2, -0.15) is 0 Å². The van der Waals surface area contributed by atoms with Crippen LogP contribution in [0.15, 0.2) is 35.5 Å². The van der Waals surface area contributed by atoms with Gasteiger partial charge >= 0.3 is 6.16 Å². The molecule has 1 aromatic rings. The van der Waals surface area contributed by atoms with Gasteiger partial charge in [-0.3, -0.25) is 0 Å². The molecular formula is C18H22N2O3. The van der Waals surface area contributed by atoms with E-state index in [2.05, 4.69) is 4.90 Å². The van der Waals surface area contributed by atoms with Crippen molar-refractivity contribution in [1.29, 1.82) is 0 Å². The minimum atomic E-state index is -0.699. The van der Waals surface area contributed by atoms with Gasteiger partial charge < -0.3 is 14.4 Å². The van der Waals surface area contributed by atoms with E-state index in [1.807, 2.05) is 45.0 Å². The van der Waals surface area contributed by atoms with Crippen LogP contribution in [-0.4, -0.2) is 35.6 Å². The van der Waals surface area contributed by atoms with Crippen LogP contribution in [-0.2, 0) is 9.47 Å². The lowest BCUT2D eigenvalue weighted by Crippen LogP contribution is -2.27. The molecule has 2 heterocycles. The molecule has 122 valence electrons. The molecule has 5 heteroatoms. The molecule has 1 saturated heterocycles. The van der Waals surface area contributed by atoms with E-state index in [9.17, 15) is 4.79 Å².